The van der Waals surface area contributed by atoms with Crippen LogP contribution in [-0.4, -0.2) is 17.3 Å². The molecule has 1 fully saturated rings. The standard InChI is InChI=1S/C13H18N2O/c1-2-10-3-4-11(15-8-10)7-12(16)13(9-14)5-6-13/h3-4,8H,2,5-7,9,14H2,1H3. The molecular weight excluding hydrogens is 200 g/mol. The summed E-state index contributed by atoms with van der Waals surface area (Å²) in [6.07, 6.45) is 5.17. The Morgan fingerprint density at radius 2 is 2.25 bits per heavy atom. The third kappa shape index (κ3) is 2.14. The molecule has 0 aliphatic heterocycles. The van der Waals surface area contributed by atoms with Gasteiger partial charge in [-0.2, -0.15) is 0 Å². The van der Waals surface area contributed by atoms with Crippen LogP contribution in [0.4, 0.5) is 0 Å². The fraction of sp³-hybridized carbons (Fsp3) is 0.538. The van der Waals surface area contributed by atoms with Crippen LogP contribution in [0.3, 0.4) is 0 Å². The Bertz CT molecular complexity index is 379. The van der Waals surface area contributed by atoms with E-state index in [9.17, 15) is 4.79 Å². The average Bonchev–Trinajstić information content (AvgIpc) is 3.11. The minimum absolute atomic E-state index is 0.203. The van der Waals surface area contributed by atoms with E-state index in [2.05, 4.69) is 11.9 Å². The monoisotopic (exact) mass is 218 g/mol. The maximum Gasteiger partial charge on any atom is 0.146 e. The van der Waals surface area contributed by atoms with Crippen molar-refractivity contribution >= 4 is 5.78 Å². The molecule has 1 aliphatic rings. The van der Waals surface area contributed by atoms with Gasteiger partial charge in [-0.25, -0.2) is 0 Å². The molecule has 0 unspecified atom stereocenters. The number of Topliss-reactive ketones (excluding diaryl/α,β-unsaturated/α-hetero) is 1. The summed E-state index contributed by atoms with van der Waals surface area (Å²) in [6, 6.07) is 3.99. The highest BCUT2D eigenvalue weighted by Crippen LogP contribution is 2.45. The van der Waals surface area contributed by atoms with E-state index < -0.39 is 0 Å². The number of nitrogens with zero attached hydrogens (tertiary/aromatic N) is 1. The normalized spacial score (nSPS) is 17.1. The highest BCUT2D eigenvalue weighted by molar-refractivity contribution is 5.89. The van der Waals surface area contributed by atoms with Crippen LogP contribution in [0.2, 0.25) is 0 Å². The minimum Gasteiger partial charge on any atom is -0.329 e. The lowest BCUT2D eigenvalue weighted by atomic mass is 9.97. The maximum atomic E-state index is 12.0. The van der Waals surface area contributed by atoms with E-state index in [1.807, 2.05) is 18.3 Å². The van der Waals surface area contributed by atoms with Crippen LogP contribution in [0.1, 0.15) is 31.0 Å². The Kier molecular flexibility index (Phi) is 3.06. The van der Waals surface area contributed by atoms with E-state index in [4.69, 9.17) is 5.73 Å². The first-order chi connectivity index (χ1) is 7.70. The molecule has 0 saturated heterocycles. The average molecular weight is 218 g/mol. The van der Waals surface area contributed by atoms with Crippen molar-refractivity contribution in [1.29, 1.82) is 0 Å². The van der Waals surface area contributed by atoms with Crippen LogP contribution in [0, 0.1) is 5.41 Å². The number of aryl methyl sites for hydroxylation is 1. The van der Waals surface area contributed by atoms with E-state index in [-0.39, 0.29) is 11.2 Å². The quantitative estimate of drug-likeness (QED) is 0.814. The second-order valence-corrected chi connectivity index (χ2v) is 4.60. The SMILES string of the molecule is CCc1ccc(CC(=O)C2(CN)CC2)nc1. The van der Waals surface area contributed by atoms with Crippen molar-refractivity contribution in [2.24, 2.45) is 11.1 Å². The first-order valence-electron chi connectivity index (χ1n) is 5.87. The number of ketones is 1. The van der Waals surface area contributed by atoms with Gasteiger partial charge in [-0.1, -0.05) is 13.0 Å². The Morgan fingerprint density at radius 3 is 2.69 bits per heavy atom. The highest BCUT2D eigenvalue weighted by atomic mass is 16.1. The number of hydrogen-bond donors (Lipinski definition) is 1. The zero-order chi connectivity index (χ0) is 11.6. The molecule has 3 heteroatoms. The number of nitrogens with two attached hydrogens (primary N) is 1. The lowest BCUT2D eigenvalue weighted by Crippen LogP contribution is -2.26. The molecule has 86 valence electrons. The Balaban J connectivity index is 2.01. The molecule has 1 aliphatic carbocycles. The van der Waals surface area contributed by atoms with Crippen molar-refractivity contribution < 1.29 is 4.79 Å². The van der Waals surface area contributed by atoms with Crippen LogP contribution in [0.15, 0.2) is 18.3 Å². The van der Waals surface area contributed by atoms with Crippen molar-refractivity contribution in [3.8, 4) is 0 Å². The number of pyridine rings is 1. The molecule has 0 atom stereocenters. The van der Waals surface area contributed by atoms with Gasteiger partial charge < -0.3 is 5.73 Å². The number of rotatable bonds is 5. The fourth-order valence-electron chi connectivity index (χ4n) is 1.87. The summed E-state index contributed by atoms with van der Waals surface area (Å²) in [5.74, 6) is 0.256. The molecule has 3 nitrogen and oxygen atoms in total. The van der Waals surface area contributed by atoms with Crippen molar-refractivity contribution in [2.45, 2.75) is 32.6 Å². The molecule has 0 bridgehead atoms. The van der Waals surface area contributed by atoms with Gasteiger partial charge >= 0.3 is 0 Å². The van der Waals surface area contributed by atoms with E-state index in [1.165, 1.54) is 5.56 Å². The maximum absolute atomic E-state index is 12.0. The first kappa shape index (κ1) is 11.3. The van der Waals surface area contributed by atoms with Gasteiger partial charge in [-0.3, -0.25) is 9.78 Å². The second-order valence-electron chi connectivity index (χ2n) is 4.60. The Morgan fingerprint density at radius 1 is 1.50 bits per heavy atom. The molecular formula is C13H18N2O. The van der Waals surface area contributed by atoms with Crippen LogP contribution in [0.5, 0.6) is 0 Å². The van der Waals surface area contributed by atoms with Crippen LogP contribution in [0.25, 0.3) is 0 Å². The van der Waals surface area contributed by atoms with E-state index >= 15 is 0 Å². The summed E-state index contributed by atoms with van der Waals surface area (Å²) in [4.78, 5) is 16.3. The van der Waals surface area contributed by atoms with E-state index in [0.29, 0.717) is 13.0 Å². The predicted molar refractivity (Wildman–Crippen MR) is 63.0 cm³/mol. The largest absolute Gasteiger partial charge is 0.329 e. The Hall–Kier alpha value is -1.22. The molecule has 0 radical (unpaired) electrons. The molecule has 0 aromatic carbocycles. The third-order valence-electron chi connectivity index (χ3n) is 3.47. The van der Waals surface area contributed by atoms with Gasteiger partial charge in [0.05, 0.1) is 0 Å². The van der Waals surface area contributed by atoms with Gasteiger partial charge in [-0.15, -0.1) is 0 Å². The molecule has 2 N–H and O–H groups in total. The molecule has 1 aromatic heterocycles. The van der Waals surface area contributed by atoms with Crippen molar-refractivity contribution in [3.63, 3.8) is 0 Å². The van der Waals surface area contributed by atoms with Gasteiger partial charge in [0.15, 0.2) is 0 Å². The smallest absolute Gasteiger partial charge is 0.146 e. The summed E-state index contributed by atoms with van der Waals surface area (Å²) in [5.41, 5.74) is 7.49. The fourth-order valence-corrected chi connectivity index (χ4v) is 1.87. The summed E-state index contributed by atoms with van der Waals surface area (Å²) in [5, 5.41) is 0. The van der Waals surface area contributed by atoms with Crippen molar-refractivity contribution in [3.05, 3.63) is 29.6 Å². The number of carbonyl (C=O) groups is 1. The van der Waals surface area contributed by atoms with E-state index in [1.54, 1.807) is 0 Å². The number of aromatic nitrogens is 1. The third-order valence-corrected chi connectivity index (χ3v) is 3.47. The van der Waals surface area contributed by atoms with Gasteiger partial charge in [0.25, 0.3) is 0 Å². The number of carbonyl (C=O) groups excluding carboxylic acids is 1. The van der Waals surface area contributed by atoms with Gasteiger partial charge in [0.1, 0.15) is 5.78 Å². The topological polar surface area (TPSA) is 56.0 Å². The summed E-state index contributed by atoms with van der Waals surface area (Å²) < 4.78 is 0. The molecule has 2 rings (SSSR count). The van der Waals surface area contributed by atoms with Gasteiger partial charge in [0.2, 0.25) is 0 Å². The lowest BCUT2D eigenvalue weighted by molar-refractivity contribution is -0.123. The number of hydrogen-bond acceptors (Lipinski definition) is 3. The molecule has 1 saturated carbocycles. The predicted octanol–water partition coefficient (Wildman–Crippen LogP) is 1.49. The van der Waals surface area contributed by atoms with Crippen molar-refractivity contribution in [1.82, 2.24) is 4.98 Å². The molecule has 0 spiro atoms. The molecule has 0 amide bonds. The van der Waals surface area contributed by atoms with Crippen LogP contribution >= 0.6 is 0 Å². The van der Waals surface area contributed by atoms with E-state index in [0.717, 1.165) is 25.0 Å². The van der Waals surface area contributed by atoms with Crippen molar-refractivity contribution in [2.75, 3.05) is 6.54 Å². The second kappa shape index (κ2) is 4.34. The summed E-state index contributed by atoms with van der Waals surface area (Å²) in [7, 11) is 0. The molecule has 1 heterocycles. The molecule has 1 aromatic rings. The van der Waals surface area contributed by atoms with Crippen LogP contribution < -0.4 is 5.73 Å². The van der Waals surface area contributed by atoms with Gasteiger partial charge in [-0.05, 0) is 30.9 Å². The highest BCUT2D eigenvalue weighted by Gasteiger charge is 2.47. The summed E-state index contributed by atoms with van der Waals surface area (Å²) >= 11 is 0. The Labute approximate surface area is 96.1 Å². The zero-order valence-electron chi connectivity index (χ0n) is 9.70. The van der Waals surface area contributed by atoms with Gasteiger partial charge in [0, 0.05) is 30.3 Å². The summed E-state index contributed by atoms with van der Waals surface area (Å²) in [6.45, 7) is 2.58. The lowest BCUT2D eigenvalue weighted by Gasteiger charge is -2.10. The molecule has 16 heavy (non-hydrogen) atoms. The zero-order valence-corrected chi connectivity index (χ0v) is 9.70. The first-order valence-corrected chi connectivity index (χ1v) is 5.87. The van der Waals surface area contributed by atoms with Crippen LogP contribution in [-0.2, 0) is 17.6 Å². The minimum atomic E-state index is -0.203.